The van der Waals surface area contributed by atoms with E-state index in [9.17, 15) is 9.59 Å². The molecule has 4 nitrogen and oxygen atoms in total. The zero-order valence-electron chi connectivity index (χ0n) is 9.27. The van der Waals surface area contributed by atoms with E-state index in [0.29, 0.717) is 6.44 Å². The molecule has 1 aliphatic carbocycles. The second-order valence-corrected chi connectivity index (χ2v) is 4.88. The van der Waals surface area contributed by atoms with Crippen LogP contribution in [-0.2, 0) is 16.0 Å². The number of rotatable bonds is 3. The first-order chi connectivity index (χ1) is 8.02. The van der Waals surface area contributed by atoms with E-state index in [2.05, 4.69) is 0 Å². The highest BCUT2D eigenvalue weighted by Crippen LogP contribution is 2.34. The molecule has 0 aliphatic heterocycles. The smallest absolute Gasteiger partial charge is 0.339 e. The molecule has 86 valence electrons. The molecule has 0 unspecified atom stereocenters. The third kappa shape index (κ3) is 2.13. The van der Waals surface area contributed by atoms with Crippen molar-refractivity contribution in [3.05, 3.63) is 22.1 Å². The van der Waals surface area contributed by atoms with Crippen molar-refractivity contribution >= 4 is 42.0 Å². The number of hydrogen-bond donors (Lipinski definition) is 1. The monoisotopic (exact) mass is 247 g/mol. The predicted molar refractivity (Wildman–Crippen MR) is 67.7 cm³/mol. The molecule has 1 heterocycles. The summed E-state index contributed by atoms with van der Waals surface area (Å²) in [7, 11) is 7.37. The molecule has 0 amide bonds. The van der Waals surface area contributed by atoms with Gasteiger partial charge in [-0.15, -0.1) is 11.3 Å². The van der Waals surface area contributed by atoms with Gasteiger partial charge in [-0.25, -0.2) is 4.79 Å². The highest BCUT2D eigenvalue weighted by Gasteiger charge is 2.25. The average molecular weight is 247 g/mol. The van der Waals surface area contributed by atoms with E-state index in [4.69, 9.17) is 13.0 Å². The van der Waals surface area contributed by atoms with Gasteiger partial charge in [0.25, 0.3) is 0 Å². The van der Waals surface area contributed by atoms with Crippen LogP contribution in [-0.4, -0.2) is 38.2 Å². The lowest BCUT2D eigenvalue weighted by atomic mass is 9.97. The van der Waals surface area contributed by atoms with Gasteiger partial charge in [-0.05, 0) is 24.1 Å². The Bertz CT molecular complexity index is 521. The minimum Gasteiger partial charge on any atom is -0.478 e. The zero-order chi connectivity index (χ0) is 12.6. The second kappa shape index (κ2) is 4.37. The van der Waals surface area contributed by atoms with Crippen molar-refractivity contribution in [2.45, 2.75) is 6.42 Å². The van der Waals surface area contributed by atoms with Crippen LogP contribution in [0.4, 0.5) is 5.00 Å². The molecule has 1 N–H and O–H groups in total. The second-order valence-electron chi connectivity index (χ2n) is 3.82. The number of Topliss-reactive ketones (excluding diaryl/α,β-unsaturated/α-hetero) is 1. The molecule has 0 fully saturated rings. The third-order valence-corrected chi connectivity index (χ3v) is 3.87. The van der Waals surface area contributed by atoms with Crippen molar-refractivity contribution in [3.63, 3.8) is 0 Å². The van der Waals surface area contributed by atoms with Gasteiger partial charge in [0.2, 0.25) is 0 Å². The van der Waals surface area contributed by atoms with E-state index >= 15 is 0 Å². The normalized spacial score (nSPS) is 14.2. The molecule has 0 spiro atoms. The van der Waals surface area contributed by atoms with Crippen LogP contribution in [0.2, 0.25) is 0 Å². The number of carboxylic acids is 1. The molecule has 1 aromatic rings. The Balaban J connectivity index is 2.42. The summed E-state index contributed by atoms with van der Waals surface area (Å²) in [6.07, 6.45) is 1.98. The van der Waals surface area contributed by atoms with Gasteiger partial charge in [-0.1, -0.05) is 0 Å². The number of nitrogens with zero attached hydrogens (tertiary/aromatic N) is 1. The summed E-state index contributed by atoms with van der Waals surface area (Å²) in [6.45, 7) is 0. The van der Waals surface area contributed by atoms with Crippen molar-refractivity contribution in [3.8, 4) is 0 Å². The van der Waals surface area contributed by atoms with Crippen LogP contribution in [0.5, 0.6) is 0 Å². The molecule has 1 aromatic heterocycles. The summed E-state index contributed by atoms with van der Waals surface area (Å²) >= 11 is 1.45. The summed E-state index contributed by atoms with van der Waals surface area (Å²) in [5.74, 6) is -1.51. The van der Waals surface area contributed by atoms with Crippen LogP contribution in [0, 0.1) is 0 Å². The van der Waals surface area contributed by atoms with Crippen molar-refractivity contribution in [2.75, 3.05) is 18.4 Å². The van der Waals surface area contributed by atoms with Crippen LogP contribution in [0.1, 0.15) is 10.4 Å². The zero-order valence-corrected chi connectivity index (χ0v) is 10.1. The fraction of sp³-hybridized carbons (Fsp3) is 0.273. The number of carbonyl (C=O) groups is 2. The first kappa shape index (κ1) is 11.9. The molecule has 0 atom stereocenters. The van der Waals surface area contributed by atoms with Crippen molar-refractivity contribution < 1.29 is 14.7 Å². The fourth-order valence-electron chi connectivity index (χ4n) is 1.63. The summed E-state index contributed by atoms with van der Waals surface area (Å²) < 4.78 is 0. The van der Waals surface area contributed by atoms with Crippen LogP contribution in [0.15, 0.2) is 11.6 Å². The van der Waals surface area contributed by atoms with E-state index in [0.717, 1.165) is 15.4 Å². The van der Waals surface area contributed by atoms with Gasteiger partial charge in [0.1, 0.15) is 5.57 Å². The lowest BCUT2D eigenvalue weighted by Crippen LogP contribution is -2.17. The highest BCUT2D eigenvalue weighted by atomic mass is 32.1. The summed E-state index contributed by atoms with van der Waals surface area (Å²) in [4.78, 5) is 25.1. The number of thiophene rings is 1. The first-order valence-corrected chi connectivity index (χ1v) is 5.86. The van der Waals surface area contributed by atoms with Crippen LogP contribution < -0.4 is 4.90 Å². The number of carbonyl (C=O) groups excluding carboxylic acids is 1. The van der Waals surface area contributed by atoms with Gasteiger partial charge in [-0.3, -0.25) is 4.79 Å². The Labute approximate surface area is 104 Å². The lowest BCUT2D eigenvalue weighted by Gasteiger charge is -2.13. The van der Waals surface area contributed by atoms with E-state index in [1.807, 2.05) is 18.0 Å². The molecule has 1 aliphatic rings. The van der Waals surface area contributed by atoms with Gasteiger partial charge in [0, 0.05) is 18.3 Å². The molecule has 17 heavy (non-hydrogen) atoms. The summed E-state index contributed by atoms with van der Waals surface area (Å²) in [5.41, 5.74) is 0.738. The molecular weight excluding hydrogens is 237 g/mol. The van der Waals surface area contributed by atoms with E-state index in [-0.39, 0.29) is 17.8 Å². The Kier molecular flexibility index (Phi) is 3.06. The average Bonchev–Trinajstić information content (AvgIpc) is 2.69. The predicted octanol–water partition coefficient (Wildman–Crippen LogP) is 0.903. The minimum absolute atomic E-state index is 0.138. The van der Waals surface area contributed by atoms with Crippen LogP contribution >= 0.6 is 11.3 Å². The van der Waals surface area contributed by atoms with Crippen LogP contribution in [0.3, 0.4) is 0 Å². The Morgan fingerprint density at radius 3 is 2.94 bits per heavy atom. The molecule has 6 heteroatoms. The standard InChI is InChI=1S/C11H10BNO3S/c1-13(5-12)10-3-6-2-8(14)7(11(15)16)4-9(6)17-10/h3-4H,2,5H2,1H3,(H,15,16). The van der Waals surface area contributed by atoms with Crippen molar-refractivity contribution in [1.82, 2.24) is 0 Å². The maximum atomic E-state index is 11.6. The van der Waals surface area contributed by atoms with Gasteiger partial charge >= 0.3 is 5.97 Å². The summed E-state index contributed by atoms with van der Waals surface area (Å²) in [6, 6.07) is 1.89. The number of aliphatic carboxylic acids is 1. The fourth-order valence-corrected chi connectivity index (χ4v) is 2.72. The van der Waals surface area contributed by atoms with Gasteiger partial charge in [0.05, 0.1) is 12.8 Å². The quantitative estimate of drug-likeness (QED) is 0.637. The van der Waals surface area contributed by atoms with Gasteiger partial charge in [-0.2, -0.15) is 0 Å². The largest absolute Gasteiger partial charge is 0.478 e. The highest BCUT2D eigenvalue weighted by molar-refractivity contribution is 7.17. The Morgan fingerprint density at radius 1 is 1.65 bits per heavy atom. The Morgan fingerprint density at radius 2 is 2.35 bits per heavy atom. The third-order valence-electron chi connectivity index (χ3n) is 2.64. The number of hydrogen-bond acceptors (Lipinski definition) is 4. The summed E-state index contributed by atoms with van der Waals surface area (Å²) in [5, 5.41) is 9.82. The maximum Gasteiger partial charge on any atom is 0.339 e. The maximum absolute atomic E-state index is 11.6. The molecular formula is C11H10BNO3S. The number of ketones is 1. The topological polar surface area (TPSA) is 57.6 Å². The number of anilines is 1. The van der Waals surface area contributed by atoms with Gasteiger partial charge < -0.3 is 10.0 Å². The van der Waals surface area contributed by atoms with Crippen LogP contribution in [0.25, 0.3) is 6.08 Å². The molecule has 2 rings (SSSR count). The molecule has 2 radical (unpaired) electrons. The minimum atomic E-state index is -1.16. The first-order valence-electron chi connectivity index (χ1n) is 5.05. The van der Waals surface area contributed by atoms with Gasteiger partial charge in [0.15, 0.2) is 5.78 Å². The number of fused-ring (bicyclic) bond motifs is 1. The molecule has 0 saturated heterocycles. The van der Waals surface area contributed by atoms with Crippen molar-refractivity contribution in [2.24, 2.45) is 0 Å². The SMILES string of the molecule is [B]CN(C)c1cc2c(s1)C=C(C(=O)O)C(=O)C2. The molecule has 0 bridgehead atoms. The van der Waals surface area contributed by atoms with Crippen molar-refractivity contribution in [1.29, 1.82) is 0 Å². The number of carboxylic acid groups (broad SMARTS) is 1. The Hall–Kier alpha value is -1.56. The van der Waals surface area contributed by atoms with E-state index < -0.39 is 5.97 Å². The van der Waals surface area contributed by atoms with E-state index in [1.54, 1.807) is 0 Å². The molecule has 0 aromatic carbocycles. The lowest BCUT2D eigenvalue weighted by molar-refractivity contribution is -0.134. The van der Waals surface area contributed by atoms with E-state index in [1.165, 1.54) is 17.4 Å². The molecule has 0 saturated carbocycles.